The summed E-state index contributed by atoms with van der Waals surface area (Å²) in [7, 11) is -1.56. The zero-order valence-electron chi connectivity index (χ0n) is 10.6. The Morgan fingerprint density at radius 2 is 2.06 bits per heavy atom. The van der Waals surface area contributed by atoms with Gasteiger partial charge in [-0.2, -0.15) is 17.0 Å². The van der Waals surface area contributed by atoms with Gasteiger partial charge in [0.1, 0.15) is 0 Å². The summed E-state index contributed by atoms with van der Waals surface area (Å²) in [6, 6.07) is 6.08. The highest BCUT2D eigenvalue weighted by Crippen LogP contribution is 2.19. The van der Waals surface area contributed by atoms with Gasteiger partial charge < -0.3 is 0 Å². The van der Waals surface area contributed by atoms with Gasteiger partial charge in [0.2, 0.25) is 0 Å². The van der Waals surface area contributed by atoms with Crippen molar-refractivity contribution in [2.24, 2.45) is 0 Å². The van der Waals surface area contributed by atoms with E-state index in [-0.39, 0.29) is 0 Å². The number of hydrogen-bond donors (Lipinski definition) is 0. The third-order valence-electron chi connectivity index (χ3n) is 3.13. The summed E-state index contributed by atoms with van der Waals surface area (Å²) >= 11 is 3.44. The van der Waals surface area contributed by atoms with Gasteiger partial charge in [0.15, 0.2) is 0 Å². The molecule has 0 aromatic heterocycles. The molecule has 0 spiro atoms. The van der Waals surface area contributed by atoms with Gasteiger partial charge in [-0.1, -0.05) is 22.0 Å². The summed E-state index contributed by atoms with van der Waals surface area (Å²) in [5, 5.41) is 0. The zero-order valence-corrected chi connectivity index (χ0v) is 13.0. The van der Waals surface area contributed by atoms with Gasteiger partial charge in [0, 0.05) is 31.2 Å². The van der Waals surface area contributed by atoms with Gasteiger partial charge in [0.25, 0.3) is 10.2 Å². The van der Waals surface area contributed by atoms with Crippen molar-refractivity contribution in [1.82, 2.24) is 8.61 Å². The van der Waals surface area contributed by atoms with Crippen molar-refractivity contribution >= 4 is 26.1 Å². The molecule has 2 rings (SSSR count). The van der Waals surface area contributed by atoms with Crippen LogP contribution in [0.25, 0.3) is 0 Å². The molecule has 1 aromatic rings. The highest BCUT2D eigenvalue weighted by molar-refractivity contribution is 9.10. The molecule has 1 saturated heterocycles. The minimum atomic E-state index is -3.20. The minimum absolute atomic E-state index is 0.510. The average Bonchev–Trinajstić information content (AvgIpc) is 3.14. The van der Waals surface area contributed by atoms with Crippen molar-refractivity contribution in [1.29, 1.82) is 0 Å². The largest absolute Gasteiger partial charge is 0.281 e. The molecule has 1 fully saturated rings. The third kappa shape index (κ3) is 3.12. The maximum Gasteiger partial charge on any atom is 0.281 e. The molecule has 1 aliphatic heterocycles. The fourth-order valence-electron chi connectivity index (χ4n) is 1.77. The molecular weight excluding hydrogens is 316 g/mol. The van der Waals surface area contributed by atoms with Crippen molar-refractivity contribution in [3.8, 4) is 0 Å². The summed E-state index contributed by atoms with van der Waals surface area (Å²) in [6.45, 7) is 3.86. The van der Waals surface area contributed by atoms with Crippen LogP contribution < -0.4 is 0 Å². The van der Waals surface area contributed by atoms with E-state index < -0.39 is 10.2 Å². The summed E-state index contributed by atoms with van der Waals surface area (Å²) in [4.78, 5) is 0. The molecule has 0 N–H and O–H groups in total. The van der Waals surface area contributed by atoms with Crippen molar-refractivity contribution in [3.63, 3.8) is 0 Å². The molecule has 6 heteroatoms. The first kappa shape index (κ1) is 14.0. The quantitative estimate of drug-likeness (QED) is 0.771. The van der Waals surface area contributed by atoms with Crippen LogP contribution in [0.15, 0.2) is 22.7 Å². The number of likely N-dealkylation sites (N-methyl/N-ethyl adjacent to an activating group) is 1. The first-order valence-corrected chi connectivity index (χ1v) is 8.06. The maximum absolute atomic E-state index is 11.9. The van der Waals surface area contributed by atoms with Crippen LogP contribution in [-0.2, 0) is 16.6 Å². The summed E-state index contributed by atoms with van der Waals surface area (Å²) in [5.74, 6) is 0. The number of halogens is 1. The van der Waals surface area contributed by atoms with E-state index in [4.69, 9.17) is 0 Å². The lowest BCUT2D eigenvalue weighted by Gasteiger charge is -2.17. The van der Waals surface area contributed by atoms with Crippen LogP contribution in [0.4, 0.5) is 0 Å². The summed E-state index contributed by atoms with van der Waals surface area (Å²) in [6.07, 6.45) is 0.731. The van der Waals surface area contributed by atoms with Crippen molar-refractivity contribution < 1.29 is 8.42 Å². The second-order valence-corrected chi connectivity index (χ2v) is 7.50. The van der Waals surface area contributed by atoms with E-state index in [0.29, 0.717) is 19.6 Å². The van der Waals surface area contributed by atoms with Crippen LogP contribution in [-0.4, -0.2) is 43.7 Å². The lowest BCUT2D eigenvalue weighted by molar-refractivity contribution is 0.445. The standard InChI is InChI=1S/C12H17BrN2O2S/c1-10-3-4-12(13)9-11(10)5-6-14(2)18(16,17)15-7-8-15/h3-4,9H,5-8H2,1-2H3. The first-order chi connectivity index (χ1) is 8.41. The minimum Gasteiger partial charge on any atom is -0.195 e. The van der Waals surface area contributed by atoms with E-state index in [1.54, 1.807) is 7.05 Å². The van der Waals surface area contributed by atoms with Crippen molar-refractivity contribution in [2.45, 2.75) is 13.3 Å². The van der Waals surface area contributed by atoms with Crippen LogP contribution >= 0.6 is 15.9 Å². The molecule has 0 saturated carbocycles. The van der Waals surface area contributed by atoms with Crippen LogP contribution in [0.5, 0.6) is 0 Å². The van der Waals surface area contributed by atoms with E-state index in [9.17, 15) is 8.42 Å². The highest BCUT2D eigenvalue weighted by atomic mass is 79.9. The monoisotopic (exact) mass is 332 g/mol. The Morgan fingerprint density at radius 3 is 2.67 bits per heavy atom. The molecule has 1 aliphatic rings. The number of hydrogen-bond acceptors (Lipinski definition) is 2. The van der Waals surface area contributed by atoms with Crippen LogP contribution in [0.2, 0.25) is 0 Å². The molecule has 100 valence electrons. The molecule has 0 unspecified atom stereocenters. The predicted molar refractivity (Wildman–Crippen MR) is 75.7 cm³/mol. The SMILES string of the molecule is Cc1ccc(Br)cc1CCN(C)S(=O)(=O)N1CC1. The zero-order chi connectivity index (χ0) is 13.3. The van der Waals surface area contributed by atoms with E-state index in [2.05, 4.69) is 15.9 Å². The van der Waals surface area contributed by atoms with Gasteiger partial charge in [-0.05, 0) is 36.6 Å². The molecule has 0 aliphatic carbocycles. The Morgan fingerprint density at radius 1 is 1.39 bits per heavy atom. The fourth-order valence-corrected chi connectivity index (χ4v) is 3.44. The number of aryl methyl sites for hydroxylation is 1. The molecule has 0 atom stereocenters. The molecular formula is C12H17BrN2O2S. The van der Waals surface area contributed by atoms with Crippen molar-refractivity contribution in [2.75, 3.05) is 26.7 Å². The Balaban J connectivity index is 2.01. The molecule has 18 heavy (non-hydrogen) atoms. The molecule has 1 aromatic carbocycles. The molecule has 0 radical (unpaired) electrons. The second-order valence-electron chi connectivity index (χ2n) is 4.55. The van der Waals surface area contributed by atoms with Gasteiger partial charge in [-0.15, -0.1) is 0 Å². The van der Waals surface area contributed by atoms with E-state index in [1.807, 2.05) is 25.1 Å². The lowest BCUT2D eigenvalue weighted by Crippen LogP contribution is -2.33. The first-order valence-electron chi connectivity index (χ1n) is 5.87. The molecule has 4 nitrogen and oxygen atoms in total. The summed E-state index contributed by atoms with van der Waals surface area (Å²) in [5.41, 5.74) is 2.37. The van der Waals surface area contributed by atoms with Gasteiger partial charge >= 0.3 is 0 Å². The highest BCUT2D eigenvalue weighted by Gasteiger charge is 2.34. The normalized spacial score (nSPS) is 16.2. The fraction of sp³-hybridized carbons (Fsp3) is 0.500. The van der Waals surface area contributed by atoms with Crippen molar-refractivity contribution in [3.05, 3.63) is 33.8 Å². The van der Waals surface area contributed by atoms with Crippen LogP contribution in [0.3, 0.4) is 0 Å². The van der Waals surface area contributed by atoms with Crippen LogP contribution in [0, 0.1) is 6.92 Å². The second kappa shape index (κ2) is 5.28. The number of rotatable bonds is 5. The molecule has 0 amide bonds. The number of nitrogens with zero attached hydrogens (tertiary/aromatic N) is 2. The van der Waals surface area contributed by atoms with Gasteiger partial charge in [-0.25, -0.2) is 0 Å². The van der Waals surface area contributed by atoms with Crippen LogP contribution in [0.1, 0.15) is 11.1 Å². The third-order valence-corrected chi connectivity index (χ3v) is 5.61. The van der Waals surface area contributed by atoms with E-state index in [0.717, 1.165) is 10.9 Å². The van der Waals surface area contributed by atoms with Gasteiger partial charge in [0.05, 0.1) is 0 Å². The Hall–Kier alpha value is -0.430. The number of benzene rings is 1. The topological polar surface area (TPSA) is 40.4 Å². The van der Waals surface area contributed by atoms with Gasteiger partial charge in [-0.3, -0.25) is 0 Å². The smallest absolute Gasteiger partial charge is 0.195 e. The predicted octanol–water partition coefficient (Wildman–Crippen LogP) is 1.79. The Kier molecular flexibility index (Phi) is 4.11. The Labute approximate surface area is 117 Å². The van der Waals surface area contributed by atoms with E-state index in [1.165, 1.54) is 19.7 Å². The lowest BCUT2D eigenvalue weighted by atomic mass is 10.1. The Bertz CT molecular complexity index is 541. The average molecular weight is 333 g/mol. The van der Waals surface area contributed by atoms with E-state index >= 15 is 0 Å². The molecule has 0 bridgehead atoms. The maximum atomic E-state index is 11.9. The summed E-state index contributed by atoms with van der Waals surface area (Å²) < 4.78 is 27.7. The molecule has 1 heterocycles.